The third-order valence-corrected chi connectivity index (χ3v) is 4.78. The van der Waals surface area contributed by atoms with E-state index < -0.39 is 0 Å². The summed E-state index contributed by atoms with van der Waals surface area (Å²) in [6.45, 7) is 2.27. The SMILES string of the molecule is CCCCCCCCc1nc2cscc2s1. The Labute approximate surface area is 106 Å². The van der Waals surface area contributed by atoms with E-state index in [-0.39, 0.29) is 0 Å². The molecule has 0 unspecified atom stereocenters. The van der Waals surface area contributed by atoms with Gasteiger partial charge in [0.1, 0.15) is 0 Å². The standard InChI is InChI=1S/C13H19NS2/c1-2-3-4-5-6-7-8-13-14-11-9-15-10-12(11)16-13/h9-10H,2-8H2,1H3. The second kappa shape index (κ2) is 6.36. The number of aromatic nitrogens is 1. The second-order valence-corrected chi connectivity index (χ2v) is 6.11. The predicted molar refractivity (Wildman–Crippen MR) is 74.6 cm³/mol. The van der Waals surface area contributed by atoms with Crippen molar-refractivity contribution in [3.05, 3.63) is 15.8 Å². The zero-order chi connectivity index (χ0) is 11.2. The van der Waals surface area contributed by atoms with Gasteiger partial charge in [0.05, 0.1) is 15.2 Å². The zero-order valence-electron chi connectivity index (χ0n) is 9.87. The van der Waals surface area contributed by atoms with Crippen molar-refractivity contribution in [1.29, 1.82) is 0 Å². The monoisotopic (exact) mass is 253 g/mol. The van der Waals surface area contributed by atoms with Gasteiger partial charge in [-0.25, -0.2) is 4.98 Å². The summed E-state index contributed by atoms with van der Waals surface area (Å²) in [6, 6.07) is 0. The van der Waals surface area contributed by atoms with Gasteiger partial charge in [0.15, 0.2) is 0 Å². The Bertz CT molecular complexity index is 388. The number of rotatable bonds is 7. The maximum Gasteiger partial charge on any atom is 0.0939 e. The summed E-state index contributed by atoms with van der Waals surface area (Å²) in [5.74, 6) is 0. The van der Waals surface area contributed by atoms with Gasteiger partial charge in [0.2, 0.25) is 0 Å². The Morgan fingerprint density at radius 2 is 1.88 bits per heavy atom. The molecule has 0 bridgehead atoms. The summed E-state index contributed by atoms with van der Waals surface area (Å²) in [6.07, 6.45) is 9.39. The van der Waals surface area contributed by atoms with Gasteiger partial charge in [-0.2, -0.15) is 0 Å². The summed E-state index contributed by atoms with van der Waals surface area (Å²) >= 11 is 3.63. The third-order valence-electron chi connectivity index (χ3n) is 2.82. The van der Waals surface area contributed by atoms with Crippen LogP contribution in [0.5, 0.6) is 0 Å². The van der Waals surface area contributed by atoms with E-state index in [1.807, 2.05) is 11.3 Å². The van der Waals surface area contributed by atoms with Crippen LogP contribution in [0.3, 0.4) is 0 Å². The van der Waals surface area contributed by atoms with Gasteiger partial charge in [-0.3, -0.25) is 0 Å². The van der Waals surface area contributed by atoms with Gasteiger partial charge in [-0.15, -0.1) is 22.7 Å². The number of nitrogens with zero attached hydrogens (tertiary/aromatic N) is 1. The molecular formula is C13H19NS2. The minimum absolute atomic E-state index is 1.18. The van der Waals surface area contributed by atoms with Crippen molar-refractivity contribution in [2.45, 2.75) is 51.9 Å². The lowest BCUT2D eigenvalue weighted by molar-refractivity contribution is 0.607. The van der Waals surface area contributed by atoms with E-state index in [1.54, 1.807) is 11.3 Å². The highest BCUT2D eigenvalue weighted by atomic mass is 32.1. The Balaban J connectivity index is 1.68. The van der Waals surface area contributed by atoms with Gasteiger partial charge in [0.25, 0.3) is 0 Å². The van der Waals surface area contributed by atoms with Crippen LogP contribution in [0.1, 0.15) is 50.5 Å². The van der Waals surface area contributed by atoms with Crippen LogP contribution in [0.25, 0.3) is 10.2 Å². The molecule has 0 aliphatic heterocycles. The molecule has 2 rings (SSSR count). The molecule has 3 heteroatoms. The van der Waals surface area contributed by atoms with Crippen LogP contribution in [0.4, 0.5) is 0 Å². The van der Waals surface area contributed by atoms with E-state index in [1.165, 1.54) is 60.2 Å². The van der Waals surface area contributed by atoms with Crippen molar-refractivity contribution in [3.8, 4) is 0 Å². The fraction of sp³-hybridized carbons (Fsp3) is 0.615. The highest BCUT2D eigenvalue weighted by Crippen LogP contribution is 2.26. The van der Waals surface area contributed by atoms with Gasteiger partial charge < -0.3 is 0 Å². The number of unbranched alkanes of at least 4 members (excludes halogenated alkanes) is 5. The molecule has 0 aliphatic carbocycles. The van der Waals surface area contributed by atoms with E-state index in [0.717, 1.165) is 0 Å². The normalized spacial score (nSPS) is 11.3. The molecule has 2 heterocycles. The lowest BCUT2D eigenvalue weighted by atomic mass is 10.1. The van der Waals surface area contributed by atoms with Gasteiger partial charge in [-0.05, 0) is 12.8 Å². The Morgan fingerprint density at radius 3 is 2.69 bits per heavy atom. The van der Waals surface area contributed by atoms with Crippen molar-refractivity contribution in [3.63, 3.8) is 0 Å². The molecule has 0 fully saturated rings. The predicted octanol–water partition coefficient (Wildman–Crippen LogP) is 5.26. The van der Waals surface area contributed by atoms with Crippen molar-refractivity contribution in [1.82, 2.24) is 4.98 Å². The lowest BCUT2D eigenvalue weighted by Gasteiger charge is -1.98. The van der Waals surface area contributed by atoms with Gasteiger partial charge in [-0.1, -0.05) is 39.0 Å². The van der Waals surface area contributed by atoms with Crippen LogP contribution in [0.2, 0.25) is 0 Å². The number of aryl methyl sites for hydroxylation is 1. The highest BCUT2D eigenvalue weighted by Gasteiger charge is 2.03. The molecule has 0 aromatic carbocycles. The minimum atomic E-state index is 1.18. The van der Waals surface area contributed by atoms with E-state index in [9.17, 15) is 0 Å². The van der Waals surface area contributed by atoms with Crippen molar-refractivity contribution in [2.75, 3.05) is 0 Å². The first kappa shape index (κ1) is 12.1. The van der Waals surface area contributed by atoms with Crippen molar-refractivity contribution in [2.24, 2.45) is 0 Å². The molecular weight excluding hydrogens is 234 g/mol. The van der Waals surface area contributed by atoms with Crippen LogP contribution in [0, 0.1) is 0 Å². The summed E-state index contributed by atoms with van der Waals surface area (Å²) in [5.41, 5.74) is 1.20. The Morgan fingerprint density at radius 1 is 1.06 bits per heavy atom. The number of fused-ring (bicyclic) bond motifs is 1. The number of hydrogen-bond donors (Lipinski definition) is 0. The molecule has 1 nitrogen and oxygen atoms in total. The molecule has 16 heavy (non-hydrogen) atoms. The Kier molecular flexibility index (Phi) is 4.79. The lowest BCUT2D eigenvalue weighted by Crippen LogP contribution is -1.84. The van der Waals surface area contributed by atoms with Crippen LogP contribution in [-0.2, 0) is 6.42 Å². The molecule has 2 aromatic rings. The second-order valence-electron chi connectivity index (χ2n) is 4.25. The minimum Gasteiger partial charge on any atom is -0.240 e. The largest absolute Gasteiger partial charge is 0.240 e. The molecule has 0 aliphatic rings. The third kappa shape index (κ3) is 3.29. The fourth-order valence-electron chi connectivity index (χ4n) is 1.88. The van der Waals surface area contributed by atoms with Gasteiger partial charge >= 0.3 is 0 Å². The summed E-state index contributed by atoms with van der Waals surface area (Å²) in [5, 5.41) is 5.68. The van der Waals surface area contributed by atoms with Crippen molar-refractivity contribution >= 4 is 32.9 Å². The van der Waals surface area contributed by atoms with Crippen LogP contribution < -0.4 is 0 Å². The first-order valence-electron chi connectivity index (χ1n) is 6.21. The number of thiazole rings is 1. The number of hydrogen-bond acceptors (Lipinski definition) is 3. The molecule has 88 valence electrons. The zero-order valence-corrected chi connectivity index (χ0v) is 11.5. The van der Waals surface area contributed by atoms with Crippen LogP contribution in [0.15, 0.2) is 10.8 Å². The topological polar surface area (TPSA) is 12.9 Å². The Hall–Kier alpha value is -0.410. The van der Waals surface area contributed by atoms with Crippen LogP contribution in [-0.4, -0.2) is 4.98 Å². The maximum atomic E-state index is 4.64. The van der Waals surface area contributed by atoms with E-state index in [2.05, 4.69) is 22.7 Å². The summed E-state index contributed by atoms with van der Waals surface area (Å²) in [4.78, 5) is 4.64. The highest BCUT2D eigenvalue weighted by molar-refractivity contribution is 7.22. The summed E-state index contributed by atoms with van der Waals surface area (Å²) < 4.78 is 1.37. The fourth-order valence-corrected chi connectivity index (χ4v) is 3.79. The molecule has 0 radical (unpaired) electrons. The van der Waals surface area contributed by atoms with Crippen molar-refractivity contribution < 1.29 is 0 Å². The quantitative estimate of drug-likeness (QED) is 0.613. The molecule has 2 aromatic heterocycles. The molecule has 0 amide bonds. The van der Waals surface area contributed by atoms with E-state index in [4.69, 9.17) is 0 Å². The average molecular weight is 253 g/mol. The number of thiophene rings is 1. The first-order chi connectivity index (χ1) is 7.90. The van der Waals surface area contributed by atoms with Gasteiger partial charge in [0, 0.05) is 10.8 Å². The van der Waals surface area contributed by atoms with Crippen LogP contribution >= 0.6 is 22.7 Å². The summed E-state index contributed by atoms with van der Waals surface area (Å²) in [7, 11) is 0. The molecule has 0 N–H and O–H groups in total. The average Bonchev–Trinajstić information content (AvgIpc) is 2.83. The molecule has 0 saturated carbocycles. The first-order valence-corrected chi connectivity index (χ1v) is 7.97. The van der Waals surface area contributed by atoms with E-state index in [0.29, 0.717) is 0 Å². The van der Waals surface area contributed by atoms with E-state index >= 15 is 0 Å². The molecule has 0 saturated heterocycles. The molecule has 0 spiro atoms. The smallest absolute Gasteiger partial charge is 0.0939 e. The molecule has 0 atom stereocenters. The maximum absolute atomic E-state index is 4.64.